The molecule has 0 aliphatic rings. The molecular weight excluding hydrogens is 385 g/mol. The van der Waals surface area contributed by atoms with Crippen LogP contribution in [0.3, 0.4) is 0 Å². The van der Waals surface area contributed by atoms with E-state index in [2.05, 4.69) is 5.32 Å². The quantitative estimate of drug-likeness (QED) is 0.375. The molecule has 0 spiro atoms. The van der Waals surface area contributed by atoms with E-state index in [1.165, 1.54) is 12.1 Å². The van der Waals surface area contributed by atoms with E-state index in [0.717, 1.165) is 12.8 Å². The van der Waals surface area contributed by atoms with E-state index in [1.54, 1.807) is 24.3 Å². The predicted molar refractivity (Wildman–Crippen MR) is 101 cm³/mol. The molecule has 132 valence electrons. The van der Waals surface area contributed by atoms with Crippen molar-refractivity contribution in [3.8, 4) is 0 Å². The van der Waals surface area contributed by atoms with Crippen molar-refractivity contribution < 1.29 is 14.3 Å². The van der Waals surface area contributed by atoms with Gasteiger partial charge in [-0.15, -0.1) is 0 Å². The lowest BCUT2D eigenvalue weighted by Gasteiger charge is -2.10. The van der Waals surface area contributed by atoms with E-state index < -0.39 is 11.9 Å². The number of ether oxygens (including phenoxy) is 1. The Morgan fingerprint density at radius 2 is 1.64 bits per heavy atom. The molecule has 0 saturated heterocycles. The van der Waals surface area contributed by atoms with Gasteiger partial charge in [0.05, 0.1) is 32.8 Å². The Morgan fingerprint density at radius 3 is 2.28 bits per heavy atom. The second-order valence-corrected chi connectivity index (χ2v) is 6.43. The predicted octanol–water partition coefficient (Wildman–Crippen LogP) is 5.86. The van der Waals surface area contributed by atoms with Gasteiger partial charge in [0.1, 0.15) is 0 Å². The smallest absolute Gasteiger partial charge is 0.338 e. The number of amides is 1. The fourth-order valence-electron chi connectivity index (χ4n) is 2.01. The summed E-state index contributed by atoms with van der Waals surface area (Å²) in [5, 5.41) is 3.19. The molecule has 1 amide bonds. The Balaban J connectivity index is 2.08. The number of anilines is 1. The van der Waals surface area contributed by atoms with E-state index in [-0.39, 0.29) is 20.6 Å². The molecule has 0 saturated carbocycles. The van der Waals surface area contributed by atoms with Crippen molar-refractivity contribution in [3.63, 3.8) is 0 Å². The van der Waals surface area contributed by atoms with Gasteiger partial charge in [-0.1, -0.05) is 48.1 Å². The summed E-state index contributed by atoms with van der Waals surface area (Å²) in [5.41, 5.74) is 0.994. The molecule has 0 aliphatic carbocycles. The Bertz CT molecular complexity index is 776. The van der Waals surface area contributed by atoms with E-state index in [1.807, 2.05) is 6.92 Å². The zero-order chi connectivity index (χ0) is 18.4. The van der Waals surface area contributed by atoms with Gasteiger partial charge in [-0.2, -0.15) is 0 Å². The first-order valence-corrected chi connectivity index (χ1v) is 8.79. The van der Waals surface area contributed by atoms with Gasteiger partial charge in [0, 0.05) is 5.69 Å². The average molecular weight is 401 g/mol. The third-order valence-corrected chi connectivity index (χ3v) is 4.50. The molecule has 0 radical (unpaired) electrons. The number of nitrogens with one attached hydrogen (secondary N) is 1. The van der Waals surface area contributed by atoms with Gasteiger partial charge in [0.2, 0.25) is 0 Å². The van der Waals surface area contributed by atoms with Crippen molar-refractivity contribution in [2.45, 2.75) is 19.8 Å². The molecule has 2 aromatic rings. The van der Waals surface area contributed by atoms with Crippen LogP contribution in [0.5, 0.6) is 0 Å². The molecule has 0 unspecified atom stereocenters. The third-order valence-electron chi connectivity index (χ3n) is 3.38. The molecule has 2 rings (SSSR count). The number of benzene rings is 2. The minimum atomic E-state index is -0.490. The van der Waals surface area contributed by atoms with Crippen LogP contribution in [0.4, 0.5) is 5.69 Å². The fourth-order valence-corrected chi connectivity index (χ4v) is 2.71. The highest BCUT2D eigenvalue weighted by atomic mass is 35.5. The normalized spacial score (nSPS) is 10.4. The highest BCUT2D eigenvalue weighted by Gasteiger charge is 2.17. The van der Waals surface area contributed by atoms with Crippen LogP contribution in [0, 0.1) is 0 Å². The molecule has 0 bridgehead atoms. The summed E-state index contributed by atoms with van der Waals surface area (Å²) in [7, 11) is 0. The largest absolute Gasteiger partial charge is 0.462 e. The first-order chi connectivity index (χ1) is 11.9. The number of hydrogen-bond donors (Lipinski definition) is 1. The average Bonchev–Trinajstić information content (AvgIpc) is 2.59. The molecule has 0 aromatic heterocycles. The van der Waals surface area contributed by atoms with Crippen LogP contribution in [-0.4, -0.2) is 18.5 Å². The first kappa shape index (κ1) is 19.6. The van der Waals surface area contributed by atoms with Crippen LogP contribution >= 0.6 is 34.8 Å². The summed E-state index contributed by atoms with van der Waals surface area (Å²) in [6.45, 7) is 2.41. The molecule has 0 aliphatic heterocycles. The number of carbonyl (C=O) groups excluding carboxylic acids is 2. The molecule has 0 atom stereocenters. The molecule has 2 aromatic carbocycles. The van der Waals surface area contributed by atoms with Gasteiger partial charge in [0.25, 0.3) is 5.91 Å². The van der Waals surface area contributed by atoms with Crippen molar-refractivity contribution in [1.82, 2.24) is 0 Å². The highest BCUT2D eigenvalue weighted by molar-refractivity contribution is 6.46. The lowest BCUT2D eigenvalue weighted by Crippen LogP contribution is -2.13. The molecule has 0 heterocycles. The molecule has 7 heteroatoms. The van der Waals surface area contributed by atoms with Crippen LogP contribution in [0.2, 0.25) is 15.1 Å². The molecule has 4 nitrogen and oxygen atoms in total. The van der Waals surface area contributed by atoms with Crippen LogP contribution in [0.1, 0.15) is 40.5 Å². The summed E-state index contributed by atoms with van der Waals surface area (Å²) in [6, 6.07) is 9.36. The molecule has 0 fully saturated rings. The Hall–Kier alpha value is -1.75. The lowest BCUT2D eigenvalue weighted by molar-refractivity contribution is 0.0499. The van der Waals surface area contributed by atoms with E-state index in [0.29, 0.717) is 17.9 Å². The summed E-state index contributed by atoms with van der Waals surface area (Å²) in [6.07, 6.45) is 1.77. The molecule has 1 N–H and O–H groups in total. The summed E-state index contributed by atoms with van der Waals surface area (Å²) in [5.74, 6) is -0.886. The Kier molecular flexibility index (Phi) is 7.12. The van der Waals surface area contributed by atoms with Crippen molar-refractivity contribution >= 4 is 52.4 Å². The zero-order valence-corrected chi connectivity index (χ0v) is 15.7. The topological polar surface area (TPSA) is 55.4 Å². The minimum absolute atomic E-state index is 0.0859. The maximum absolute atomic E-state index is 12.4. The molecular formula is C18H16Cl3NO3. The Morgan fingerprint density at radius 1 is 1.00 bits per heavy atom. The fraction of sp³-hybridized carbons (Fsp3) is 0.222. The summed E-state index contributed by atoms with van der Waals surface area (Å²) < 4.78 is 5.13. The van der Waals surface area contributed by atoms with E-state index >= 15 is 0 Å². The third kappa shape index (κ3) is 5.11. The van der Waals surface area contributed by atoms with Crippen LogP contribution in [0.15, 0.2) is 36.4 Å². The molecule has 25 heavy (non-hydrogen) atoms. The highest BCUT2D eigenvalue weighted by Crippen LogP contribution is 2.32. The van der Waals surface area contributed by atoms with Gasteiger partial charge in [0.15, 0.2) is 0 Å². The second kappa shape index (κ2) is 9.09. The lowest BCUT2D eigenvalue weighted by atomic mass is 10.1. The van der Waals surface area contributed by atoms with E-state index in [4.69, 9.17) is 39.5 Å². The summed E-state index contributed by atoms with van der Waals surface area (Å²) >= 11 is 18.0. The van der Waals surface area contributed by atoms with Crippen molar-refractivity contribution in [1.29, 1.82) is 0 Å². The van der Waals surface area contributed by atoms with Crippen LogP contribution in [-0.2, 0) is 4.74 Å². The van der Waals surface area contributed by atoms with Crippen molar-refractivity contribution in [2.75, 3.05) is 11.9 Å². The standard InChI is InChI=1S/C18H16Cl3NO3/c1-2-3-10-25-18(24)11-4-6-12(7-5-11)22-17(23)15-13(19)8-9-14(20)16(15)21/h4-9H,2-3,10H2,1H3,(H,22,23). The van der Waals surface area contributed by atoms with Crippen LogP contribution < -0.4 is 5.32 Å². The van der Waals surface area contributed by atoms with Crippen LogP contribution in [0.25, 0.3) is 0 Å². The van der Waals surface area contributed by atoms with Gasteiger partial charge < -0.3 is 10.1 Å². The van der Waals surface area contributed by atoms with Crippen molar-refractivity contribution in [3.05, 3.63) is 62.6 Å². The second-order valence-electron chi connectivity index (χ2n) is 5.24. The number of unbranched alkanes of at least 4 members (excludes halogenated alkanes) is 1. The van der Waals surface area contributed by atoms with Gasteiger partial charge >= 0.3 is 5.97 Å². The van der Waals surface area contributed by atoms with E-state index in [9.17, 15) is 9.59 Å². The van der Waals surface area contributed by atoms with Gasteiger partial charge in [-0.25, -0.2) is 4.79 Å². The van der Waals surface area contributed by atoms with Gasteiger partial charge in [-0.3, -0.25) is 4.79 Å². The monoisotopic (exact) mass is 399 g/mol. The maximum atomic E-state index is 12.4. The summed E-state index contributed by atoms with van der Waals surface area (Å²) in [4.78, 5) is 24.2. The number of esters is 1. The maximum Gasteiger partial charge on any atom is 0.338 e. The number of carbonyl (C=O) groups is 2. The Labute approximate surface area is 161 Å². The number of hydrogen-bond acceptors (Lipinski definition) is 3. The number of rotatable bonds is 6. The SMILES string of the molecule is CCCCOC(=O)c1ccc(NC(=O)c2c(Cl)ccc(Cl)c2Cl)cc1. The van der Waals surface area contributed by atoms with Gasteiger partial charge in [-0.05, 0) is 42.8 Å². The minimum Gasteiger partial charge on any atom is -0.462 e. The number of halogens is 3. The van der Waals surface area contributed by atoms with Crippen molar-refractivity contribution in [2.24, 2.45) is 0 Å². The zero-order valence-electron chi connectivity index (χ0n) is 13.4. The first-order valence-electron chi connectivity index (χ1n) is 7.66.